The molecule has 1 N–H and O–H groups in total. The van der Waals surface area contributed by atoms with E-state index in [-0.39, 0.29) is 6.61 Å². The Morgan fingerprint density at radius 2 is 1.65 bits per heavy atom. The van der Waals surface area contributed by atoms with Gasteiger partial charge in [-0.25, -0.2) is 4.79 Å². The number of hydrogen-bond acceptors (Lipinski definition) is 3. The van der Waals surface area contributed by atoms with Gasteiger partial charge in [0.05, 0.1) is 5.92 Å². The molecule has 0 saturated carbocycles. The van der Waals surface area contributed by atoms with Crippen LogP contribution in [0.1, 0.15) is 46.1 Å². The number of carboxylic acids is 1. The van der Waals surface area contributed by atoms with Crippen molar-refractivity contribution in [3.8, 4) is 0 Å². The maximum Gasteiger partial charge on any atom is 0.410 e. The molecule has 1 heterocycles. The molecule has 1 aromatic rings. The lowest BCUT2D eigenvalue weighted by Gasteiger charge is -2.53. The van der Waals surface area contributed by atoms with Gasteiger partial charge in [0.2, 0.25) is 0 Å². The van der Waals surface area contributed by atoms with E-state index in [1.807, 2.05) is 58.0 Å². The van der Waals surface area contributed by atoms with E-state index in [1.165, 1.54) is 0 Å². The van der Waals surface area contributed by atoms with Crippen LogP contribution in [-0.4, -0.2) is 33.1 Å². The van der Waals surface area contributed by atoms with E-state index in [0.717, 1.165) is 5.56 Å². The Labute approximate surface area is 137 Å². The molecule has 1 aliphatic heterocycles. The van der Waals surface area contributed by atoms with Gasteiger partial charge in [0.25, 0.3) is 0 Å². The van der Waals surface area contributed by atoms with Gasteiger partial charge in [-0.05, 0) is 46.1 Å². The van der Waals surface area contributed by atoms with Crippen molar-refractivity contribution in [2.24, 2.45) is 5.92 Å². The van der Waals surface area contributed by atoms with Crippen molar-refractivity contribution < 1.29 is 19.4 Å². The van der Waals surface area contributed by atoms with Crippen molar-refractivity contribution in [3.05, 3.63) is 35.9 Å². The van der Waals surface area contributed by atoms with E-state index in [2.05, 4.69) is 0 Å². The monoisotopic (exact) mass is 319 g/mol. The van der Waals surface area contributed by atoms with Crippen molar-refractivity contribution >= 4 is 12.1 Å². The van der Waals surface area contributed by atoms with Crippen molar-refractivity contribution in [3.63, 3.8) is 0 Å². The smallest absolute Gasteiger partial charge is 0.410 e. The zero-order valence-corrected chi connectivity index (χ0v) is 14.2. The number of carboxylic acid groups (broad SMARTS) is 1. The number of rotatable bonds is 3. The van der Waals surface area contributed by atoms with Crippen LogP contribution in [0.15, 0.2) is 30.3 Å². The second kappa shape index (κ2) is 6.22. The predicted octanol–water partition coefficient (Wildman–Crippen LogP) is 3.68. The lowest BCUT2D eigenvalue weighted by Crippen LogP contribution is -2.63. The number of benzene rings is 1. The van der Waals surface area contributed by atoms with Crippen LogP contribution in [0, 0.1) is 5.92 Å². The lowest BCUT2D eigenvalue weighted by atomic mass is 9.74. The molecule has 1 saturated heterocycles. The van der Waals surface area contributed by atoms with Gasteiger partial charge >= 0.3 is 12.1 Å². The predicted molar refractivity (Wildman–Crippen MR) is 87.0 cm³/mol. The highest BCUT2D eigenvalue weighted by molar-refractivity contribution is 5.73. The summed E-state index contributed by atoms with van der Waals surface area (Å²) >= 11 is 0. The Bertz CT molecular complexity index is 562. The molecule has 23 heavy (non-hydrogen) atoms. The quantitative estimate of drug-likeness (QED) is 0.923. The first-order valence-corrected chi connectivity index (χ1v) is 7.87. The molecular weight excluding hydrogens is 294 g/mol. The fraction of sp³-hybridized carbons (Fsp3) is 0.556. The summed E-state index contributed by atoms with van der Waals surface area (Å²) in [7, 11) is 0. The number of ether oxygens (including phenoxy) is 1. The molecule has 0 atom stereocenters. The average molecular weight is 319 g/mol. The third-order valence-corrected chi connectivity index (χ3v) is 4.44. The van der Waals surface area contributed by atoms with Crippen LogP contribution in [-0.2, 0) is 16.1 Å². The molecule has 1 aliphatic rings. The highest BCUT2D eigenvalue weighted by atomic mass is 16.6. The Balaban J connectivity index is 2.13. The minimum absolute atomic E-state index is 0.213. The van der Waals surface area contributed by atoms with Crippen molar-refractivity contribution in [1.82, 2.24) is 4.90 Å². The number of hydrogen-bond donors (Lipinski definition) is 1. The average Bonchev–Trinajstić information content (AvgIpc) is 2.43. The molecule has 0 spiro atoms. The van der Waals surface area contributed by atoms with E-state index in [9.17, 15) is 14.7 Å². The fourth-order valence-corrected chi connectivity index (χ4v) is 3.73. The zero-order chi connectivity index (χ0) is 17.3. The molecule has 1 aromatic carbocycles. The highest BCUT2D eigenvalue weighted by Gasteiger charge is 2.50. The van der Waals surface area contributed by atoms with Gasteiger partial charge in [0.1, 0.15) is 6.61 Å². The van der Waals surface area contributed by atoms with Gasteiger partial charge < -0.3 is 9.84 Å². The second-order valence-corrected chi connectivity index (χ2v) is 7.44. The Hall–Kier alpha value is -2.04. The van der Waals surface area contributed by atoms with E-state index in [1.54, 1.807) is 4.90 Å². The Morgan fingerprint density at radius 1 is 1.13 bits per heavy atom. The minimum atomic E-state index is -0.802. The third kappa shape index (κ3) is 3.84. The zero-order valence-electron chi connectivity index (χ0n) is 14.2. The van der Waals surface area contributed by atoms with Gasteiger partial charge in [0.15, 0.2) is 0 Å². The first-order chi connectivity index (χ1) is 10.6. The van der Waals surface area contributed by atoms with Crippen LogP contribution < -0.4 is 0 Å². The molecule has 1 fully saturated rings. The summed E-state index contributed by atoms with van der Waals surface area (Å²) in [6.45, 7) is 7.80. The normalized spacial score (nSPS) is 20.1. The molecule has 0 unspecified atom stereocenters. The van der Waals surface area contributed by atoms with Gasteiger partial charge in [-0.2, -0.15) is 0 Å². The van der Waals surface area contributed by atoms with Crippen LogP contribution in [0.2, 0.25) is 0 Å². The Morgan fingerprint density at radius 3 is 2.13 bits per heavy atom. The molecule has 0 aromatic heterocycles. The van der Waals surface area contributed by atoms with Crippen molar-refractivity contribution in [2.45, 2.75) is 58.2 Å². The number of carbonyl (C=O) groups is 2. The highest BCUT2D eigenvalue weighted by Crippen LogP contribution is 2.42. The molecule has 0 radical (unpaired) electrons. The molecular formula is C18H25NO4. The standard InChI is InChI=1S/C18H25NO4/c1-17(2)10-14(15(20)21)11-18(3,4)19(17)16(22)23-12-13-8-6-5-7-9-13/h5-9,14H,10-12H2,1-4H3,(H,20,21). The van der Waals surface area contributed by atoms with Gasteiger partial charge in [0, 0.05) is 11.1 Å². The molecule has 2 rings (SSSR count). The largest absolute Gasteiger partial charge is 0.481 e. The second-order valence-electron chi connectivity index (χ2n) is 7.44. The number of likely N-dealkylation sites (tertiary alicyclic amines) is 1. The molecule has 0 bridgehead atoms. The third-order valence-electron chi connectivity index (χ3n) is 4.44. The van der Waals surface area contributed by atoms with E-state index in [0.29, 0.717) is 12.8 Å². The number of amides is 1. The maximum absolute atomic E-state index is 12.6. The maximum atomic E-state index is 12.6. The molecule has 5 heteroatoms. The SMILES string of the molecule is CC1(C)CC(C(=O)O)CC(C)(C)N1C(=O)OCc1ccccc1. The van der Waals surface area contributed by atoms with Crippen LogP contribution in [0.5, 0.6) is 0 Å². The molecule has 5 nitrogen and oxygen atoms in total. The van der Waals surface area contributed by atoms with Crippen LogP contribution >= 0.6 is 0 Å². The van der Waals surface area contributed by atoms with E-state index < -0.39 is 29.1 Å². The van der Waals surface area contributed by atoms with Gasteiger partial charge in [-0.15, -0.1) is 0 Å². The molecule has 0 aliphatic carbocycles. The van der Waals surface area contributed by atoms with Crippen LogP contribution in [0.25, 0.3) is 0 Å². The van der Waals surface area contributed by atoms with E-state index >= 15 is 0 Å². The summed E-state index contributed by atoms with van der Waals surface area (Å²) in [6, 6.07) is 9.51. The summed E-state index contributed by atoms with van der Waals surface area (Å²) in [5.74, 6) is -1.25. The topological polar surface area (TPSA) is 66.8 Å². The first-order valence-electron chi connectivity index (χ1n) is 7.87. The fourth-order valence-electron chi connectivity index (χ4n) is 3.73. The summed E-state index contributed by atoms with van der Waals surface area (Å²) in [4.78, 5) is 25.7. The van der Waals surface area contributed by atoms with Crippen LogP contribution in [0.3, 0.4) is 0 Å². The first kappa shape index (κ1) is 17.3. The summed E-state index contributed by atoms with van der Waals surface area (Å²) in [6.07, 6.45) is 0.450. The van der Waals surface area contributed by atoms with Gasteiger partial charge in [-0.3, -0.25) is 9.69 Å². The van der Waals surface area contributed by atoms with E-state index in [4.69, 9.17) is 4.74 Å². The summed E-state index contributed by atoms with van der Waals surface area (Å²) in [5.41, 5.74) is -0.214. The molecule has 1 amide bonds. The summed E-state index contributed by atoms with van der Waals surface area (Å²) < 4.78 is 5.47. The number of carbonyl (C=O) groups excluding carboxylic acids is 1. The molecule has 126 valence electrons. The summed E-state index contributed by atoms with van der Waals surface area (Å²) in [5, 5.41) is 9.34. The van der Waals surface area contributed by atoms with Crippen molar-refractivity contribution in [2.75, 3.05) is 0 Å². The Kier molecular flexibility index (Phi) is 4.68. The number of aliphatic carboxylic acids is 1. The lowest BCUT2D eigenvalue weighted by molar-refractivity contribution is -0.149. The van der Waals surface area contributed by atoms with Gasteiger partial charge in [-0.1, -0.05) is 30.3 Å². The van der Waals surface area contributed by atoms with Crippen molar-refractivity contribution in [1.29, 1.82) is 0 Å². The number of nitrogens with zero attached hydrogens (tertiary/aromatic N) is 1. The number of piperidine rings is 1. The minimum Gasteiger partial charge on any atom is -0.481 e. The van der Waals surface area contributed by atoms with Crippen LogP contribution in [0.4, 0.5) is 4.79 Å².